The maximum absolute atomic E-state index is 12.2. The lowest BCUT2D eigenvalue weighted by molar-refractivity contribution is 0.0925. The molecule has 1 aromatic heterocycles. The number of rotatable bonds is 2. The van der Waals surface area contributed by atoms with Gasteiger partial charge in [-0.1, -0.05) is 55.9 Å². The summed E-state index contributed by atoms with van der Waals surface area (Å²) in [5.41, 5.74) is 0.554. The van der Waals surface area contributed by atoms with Crippen LogP contribution in [0.2, 0.25) is 0 Å². The second-order valence-electron chi connectivity index (χ2n) is 4.22. The minimum atomic E-state index is -0.266. The predicted molar refractivity (Wildman–Crippen MR) is 82.2 cm³/mol. The van der Waals surface area contributed by atoms with Gasteiger partial charge in [0.15, 0.2) is 5.82 Å². The highest BCUT2D eigenvalue weighted by Crippen LogP contribution is 2.16. The molecule has 0 N–H and O–H groups in total. The fourth-order valence-electron chi connectivity index (χ4n) is 1.91. The zero-order valence-electron chi connectivity index (χ0n) is 12.4. The van der Waals surface area contributed by atoms with Crippen molar-refractivity contribution in [3.8, 4) is 0 Å². The van der Waals surface area contributed by atoms with Crippen molar-refractivity contribution in [2.45, 2.75) is 27.2 Å². The van der Waals surface area contributed by atoms with Crippen molar-refractivity contribution in [3.63, 3.8) is 0 Å². The zero-order chi connectivity index (χ0) is 15.2. The third-order valence-corrected chi connectivity index (χ3v) is 2.95. The van der Waals surface area contributed by atoms with Crippen molar-refractivity contribution in [2.75, 3.05) is 0 Å². The van der Waals surface area contributed by atoms with Crippen LogP contribution in [0.25, 0.3) is 10.8 Å². The first-order valence-electron chi connectivity index (χ1n) is 7.10. The number of nitrogens with zero attached hydrogens (tertiary/aromatic N) is 4. The Morgan fingerprint density at radius 3 is 2.48 bits per heavy atom. The van der Waals surface area contributed by atoms with Gasteiger partial charge in [0.2, 0.25) is 0 Å². The summed E-state index contributed by atoms with van der Waals surface area (Å²) in [5.74, 6) is 0.298. The molecule has 0 spiro atoms. The molecule has 0 aliphatic carbocycles. The molecule has 21 heavy (non-hydrogen) atoms. The largest absolute Gasteiger partial charge is 0.297 e. The number of fused-ring (bicyclic) bond motifs is 1. The molecule has 0 aliphatic heterocycles. The second-order valence-corrected chi connectivity index (χ2v) is 4.22. The van der Waals surface area contributed by atoms with Crippen LogP contribution in [-0.4, -0.2) is 26.1 Å². The van der Waals surface area contributed by atoms with Gasteiger partial charge in [0.05, 0.1) is 0 Å². The van der Waals surface area contributed by atoms with Crippen molar-refractivity contribution < 1.29 is 4.79 Å². The summed E-state index contributed by atoms with van der Waals surface area (Å²) in [4.78, 5) is 13.3. The van der Waals surface area contributed by atoms with Gasteiger partial charge in [-0.15, -0.1) is 10.2 Å². The van der Waals surface area contributed by atoms with Crippen LogP contribution >= 0.6 is 0 Å². The molecule has 0 radical (unpaired) electrons. The molecule has 108 valence electrons. The molecule has 0 bridgehead atoms. The van der Waals surface area contributed by atoms with Crippen LogP contribution in [0.5, 0.6) is 0 Å². The van der Waals surface area contributed by atoms with Crippen molar-refractivity contribution in [3.05, 3.63) is 53.9 Å². The lowest BCUT2D eigenvalue weighted by Gasteiger charge is -2.01. The highest BCUT2D eigenvalue weighted by atomic mass is 16.2. The topological polar surface area (TPSA) is 60.7 Å². The minimum absolute atomic E-state index is 0.266. The number of hydrogen-bond donors (Lipinski definition) is 0. The summed E-state index contributed by atoms with van der Waals surface area (Å²) in [7, 11) is 0. The van der Waals surface area contributed by atoms with Gasteiger partial charge in [0, 0.05) is 12.0 Å². The van der Waals surface area contributed by atoms with Crippen molar-refractivity contribution in [1.82, 2.24) is 20.2 Å². The van der Waals surface area contributed by atoms with Gasteiger partial charge >= 0.3 is 0 Å². The Morgan fingerprint density at radius 2 is 1.81 bits per heavy atom. The van der Waals surface area contributed by atoms with Crippen LogP contribution in [0.15, 0.2) is 42.5 Å². The molecule has 0 atom stereocenters. The third kappa shape index (κ3) is 3.13. The average Bonchev–Trinajstić information content (AvgIpc) is 3.04. The van der Waals surface area contributed by atoms with Crippen LogP contribution in [-0.2, 0) is 6.42 Å². The SMILES string of the molecule is CC.CCc1nnn(C(=O)c2ccc3ccccc3c2)n1. The summed E-state index contributed by atoms with van der Waals surface area (Å²) in [6, 6.07) is 13.4. The maximum Gasteiger partial charge on any atom is 0.297 e. The third-order valence-electron chi connectivity index (χ3n) is 2.95. The van der Waals surface area contributed by atoms with Crippen LogP contribution in [0, 0.1) is 0 Å². The van der Waals surface area contributed by atoms with Crippen LogP contribution < -0.4 is 0 Å². The molecule has 0 unspecified atom stereocenters. The van der Waals surface area contributed by atoms with E-state index in [0.717, 1.165) is 15.6 Å². The molecule has 0 aliphatic rings. The zero-order valence-corrected chi connectivity index (χ0v) is 12.4. The molecule has 3 aromatic rings. The van der Waals surface area contributed by atoms with Gasteiger partial charge in [-0.05, 0) is 28.1 Å². The fourth-order valence-corrected chi connectivity index (χ4v) is 1.91. The Hall–Kier alpha value is -2.56. The molecule has 0 saturated heterocycles. The lowest BCUT2D eigenvalue weighted by Crippen LogP contribution is -2.15. The normalized spacial score (nSPS) is 10.0. The van der Waals surface area contributed by atoms with E-state index in [1.807, 2.05) is 57.2 Å². The molecule has 3 rings (SSSR count). The van der Waals surface area contributed by atoms with Gasteiger partial charge < -0.3 is 0 Å². The molecule has 0 fully saturated rings. The Kier molecular flexibility index (Phi) is 4.77. The summed E-state index contributed by atoms with van der Waals surface area (Å²) in [6.45, 7) is 5.92. The van der Waals surface area contributed by atoms with E-state index in [9.17, 15) is 4.79 Å². The number of tetrazole rings is 1. The van der Waals surface area contributed by atoms with E-state index < -0.39 is 0 Å². The fraction of sp³-hybridized carbons (Fsp3) is 0.250. The van der Waals surface area contributed by atoms with Gasteiger partial charge in [0.1, 0.15) is 0 Å². The highest BCUT2D eigenvalue weighted by molar-refractivity contribution is 5.98. The smallest absolute Gasteiger partial charge is 0.265 e. The molecular formula is C16H18N4O. The van der Waals surface area contributed by atoms with Crippen LogP contribution in [0.1, 0.15) is 37.0 Å². The second kappa shape index (κ2) is 6.74. The predicted octanol–water partition coefficient (Wildman–Crippen LogP) is 3.10. The van der Waals surface area contributed by atoms with Gasteiger partial charge in [-0.2, -0.15) is 0 Å². The van der Waals surface area contributed by atoms with Gasteiger partial charge in [-0.3, -0.25) is 4.79 Å². The molecular weight excluding hydrogens is 264 g/mol. The molecule has 1 heterocycles. The summed E-state index contributed by atoms with van der Waals surface area (Å²) in [6.07, 6.45) is 0.658. The van der Waals surface area contributed by atoms with E-state index in [-0.39, 0.29) is 5.91 Å². The quantitative estimate of drug-likeness (QED) is 0.724. The van der Waals surface area contributed by atoms with Crippen LogP contribution in [0.4, 0.5) is 0 Å². The monoisotopic (exact) mass is 282 g/mol. The van der Waals surface area contributed by atoms with Crippen molar-refractivity contribution in [2.24, 2.45) is 0 Å². The van der Waals surface area contributed by atoms with E-state index in [1.54, 1.807) is 6.07 Å². The Labute approximate surface area is 123 Å². The van der Waals surface area contributed by atoms with Gasteiger partial charge in [-0.25, -0.2) is 0 Å². The first-order chi connectivity index (χ1) is 10.3. The number of hydrogen-bond acceptors (Lipinski definition) is 4. The number of aryl methyl sites for hydroxylation is 1. The number of carbonyl (C=O) groups is 1. The van der Waals surface area contributed by atoms with Crippen molar-refractivity contribution >= 4 is 16.7 Å². The summed E-state index contributed by atoms with van der Waals surface area (Å²) >= 11 is 0. The summed E-state index contributed by atoms with van der Waals surface area (Å²) in [5, 5.41) is 13.7. The molecule has 2 aromatic carbocycles. The molecule has 0 saturated carbocycles. The average molecular weight is 282 g/mol. The first-order valence-corrected chi connectivity index (χ1v) is 7.10. The van der Waals surface area contributed by atoms with E-state index in [2.05, 4.69) is 15.4 Å². The van der Waals surface area contributed by atoms with Crippen molar-refractivity contribution in [1.29, 1.82) is 0 Å². The standard InChI is InChI=1S/C14H12N4O.C2H6/c1-2-13-15-17-18(16-13)14(19)12-8-7-10-5-3-4-6-11(10)9-12;1-2/h3-9H,2H2,1H3;1-2H3. The molecule has 0 amide bonds. The number of benzene rings is 2. The van der Waals surface area contributed by atoms with Crippen LogP contribution in [0.3, 0.4) is 0 Å². The Balaban J connectivity index is 0.000000774. The van der Waals surface area contributed by atoms with Gasteiger partial charge in [0.25, 0.3) is 5.91 Å². The minimum Gasteiger partial charge on any atom is -0.265 e. The summed E-state index contributed by atoms with van der Waals surface area (Å²) < 4.78 is 0. The maximum atomic E-state index is 12.2. The molecule has 5 nitrogen and oxygen atoms in total. The lowest BCUT2D eigenvalue weighted by atomic mass is 10.1. The Morgan fingerprint density at radius 1 is 1.10 bits per heavy atom. The first kappa shape index (κ1) is 14.8. The van der Waals surface area contributed by atoms with E-state index in [4.69, 9.17) is 0 Å². The number of carbonyl (C=O) groups excluding carboxylic acids is 1. The number of aromatic nitrogens is 4. The molecule has 5 heteroatoms. The van der Waals surface area contributed by atoms with E-state index >= 15 is 0 Å². The van der Waals surface area contributed by atoms with E-state index in [0.29, 0.717) is 17.8 Å². The Bertz CT molecular complexity index is 749. The van der Waals surface area contributed by atoms with E-state index in [1.165, 1.54) is 0 Å². The highest BCUT2D eigenvalue weighted by Gasteiger charge is 2.12.